The van der Waals surface area contributed by atoms with Gasteiger partial charge < -0.3 is 15.5 Å². The Balaban J connectivity index is 1.20. The van der Waals surface area contributed by atoms with Gasteiger partial charge in [-0.1, -0.05) is 0 Å². The summed E-state index contributed by atoms with van der Waals surface area (Å²) in [4.78, 5) is 40.6. The number of hydrogen-bond acceptors (Lipinski definition) is 6. The maximum Gasteiger partial charge on any atom is 0.416 e. The number of alkyl halides is 3. The van der Waals surface area contributed by atoms with Crippen molar-refractivity contribution >= 4 is 34.7 Å². The highest BCUT2D eigenvalue weighted by molar-refractivity contribution is 6.07. The minimum atomic E-state index is -4.55. The second-order valence-electron chi connectivity index (χ2n) is 10.1. The van der Waals surface area contributed by atoms with Crippen LogP contribution in [0.15, 0.2) is 48.9 Å². The number of carbonyl (C=O) groups is 2. The van der Waals surface area contributed by atoms with E-state index >= 15 is 0 Å². The first-order valence-electron chi connectivity index (χ1n) is 12.7. The van der Waals surface area contributed by atoms with E-state index in [1.165, 1.54) is 0 Å². The summed E-state index contributed by atoms with van der Waals surface area (Å²) in [5.41, 5.74) is 2.27. The number of halogens is 3. The van der Waals surface area contributed by atoms with Crippen LogP contribution >= 0.6 is 0 Å². The first-order valence-corrected chi connectivity index (χ1v) is 12.7. The molecule has 12 heteroatoms. The average molecular weight is 534 g/mol. The Morgan fingerprint density at radius 3 is 2.79 bits per heavy atom. The van der Waals surface area contributed by atoms with Gasteiger partial charge >= 0.3 is 6.18 Å². The van der Waals surface area contributed by atoms with Crippen molar-refractivity contribution in [3.63, 3.8) is 0 Å². The zero-order chi connectivity index (χ0) is 26.9. The van der Waals surface area contributed by atoms with Crippen LogP contribution in [0.1, 0.15) is 53.3 Å². The molecular formula is C27H22F3N7O2. The number of fused-ring (bicyclic) bond motifs is 3. The Labute approximate surface area is 220 Å². The highest BCUT2D eigenvalue weighted by Crippen LogP contribution is 2.43. The van der Waals surface area contributed by atoms with Gasteiger partial charge in [-0.2, -0.15) is 13.2 Å². The van der Waals surface area contributed by atoms with Crippen LogP contribution in [0.25, 0.3) is 16.8 Å². The zero-order valence-corrected chi connectivity index (χ0v) is 20.5. The molecule has 1 aromatic carbocycles. The fourth-order valence-corrected chi connectivity index (χ4v) is 5.89. The van der Waals surface area contributed by atoms with E-state index in [-0.39, 0.29) is 23.2 Å². The lowest BCUT2D eigenvalue weighted by molar-refractivity contribution is -0.137. The third-order valence-corrected chi connectivity index (χ3v) is 7.78. The van der Waals surface area contributed by atoms with E-state index in [4.69, 9.17) is 4.98 Å². The van der Waals surface area contributed by atoms with Gasteiger partial charge in [0, 0.05) is 54.6 Å². The van der Waals surface area contributed by atoms with Gasteiger partial charge in [0.2, 0.25) is 5.91 Å². The number of rotatable bonds is 3. The number of anilines is 3. The molecule has 2 saturated heterocycles. The molecule has 2 amide bonds. The Kier molecular flexibility index (Phi) is 5.16. The van der Waals surface area contributed by atoms with Crippen LogP contribution in [0.4, 0.5) is 30.5 Å². The molecule has 2 atom stereocenters. The van der Waals surface area contributed by atoms with Crippen LogP contribution in [-0.2, 0) is 11.0 Å². The fraction of sp³-hybridized carbons (Fsp3) is 0.296. The van der Waals surface area contributed by atoms with Gasteiger partial charge in [-0.25, -0.2) is 15.0 Å². The van der Waals surface area contributed by atoms with Crippen LogP contribution in [0.5, 0.6) is 0 Å². The Bertz CT molecular complexity index is 1670. The Morgan fingerprint density at radius 2 is 1.95 bits per heavy atom. The van der Waals surface area contributed by atoms with Crippen molar-refractivity contribution < 1.29 is 22.8 Å². The molecule has 2 fully saturated rings. The summed E-state index contributed by atoms with van der Waals surface area (Å²) in [6, 6.07) is 6.95. The standard InChI is InChI=1S/C27H22F3N7O2/c28-27(29,30)16-7-8-31-20(12-16)34-26(39)14-2-5-18-19(11-14)33-24-23-22(18)35-25(36(23)10-9-32-24)15-1-3-17-4-6-21(38)37(17)13-15/h2,5,7-12,15,17H,1,3-4,6,13H2,(H,32,33)(H,31,34,39)/t15-,17+/m1/s1. The molecule has 39 heavy (non-hydrogen) atoms. The number of benzene rings is 1. The maximum atomic E-state index is 13.0. The summed E-state index contributed by atoms with van der Waals surface area (Å²) < 4.78 is 41.2. The summed E-state index contributed by atoms with van der Waals surface area (Å²) in [5, 5.41) is 5.71. The Morgan fingerprint density at radius 1 is 1.08 bits per heavy atom. The van der Waals surface area contributed by atoms with E-state index in [9.17, 15) is 22.8 Å². The van der Waals surface area contributed by atoms with Crippen molar-refractivity contribution in [3.05, 3.63) is 65.9 Å². The molecule has 4 aromatic rings. The van der Waals surface area contributed by atoms with Crippen molar-refractivity contribution in [3.8, 4) is 11.3 Å². The second kappa shape index (κ2) is 8.52. The fourth-order valence-electron chi connectivity index (χ4n) is 5.89. The molecule has 3 aliphatic rings. The van der Waals surface area contributed by atoms with Gasteiger partial charge in [0.25, 0.3) is 5.91 Å². The molecule has 3 aromatic heterocycles. The van der Waals surface area contributed by atoms with Crippen LogP contribution in [0, 0.1) is 0 Å². The Hall–Kier alpha value is -4.48. The smallest absolute Gasteiger partial charge is 0.339 e. The van der Waals surface area contributed by atoms with E-state index in [0.29, 0.717) is 30.5 Å². The predicted molar refractivity (Wildman–Crippen MR) is 136 cm³/mol. The van der Waals surface area contributed by atoms with Gasteiger partial charge in [-0.3, -0.25) is 14.0 Å². The molecule has 0 aliphatic carbocycles. The lowest BCUT2D eigenvalue weighted by atomic mass is 9.92. The minimum absolute atomic E-state index is 0.0892. The third-order valence-electron chi connectivity index (χ3n) is 7.78. The molecule has 198 valence electrons. The van der Waals surface area contributed by atoms with Crippen molar-refractivity contribution in [2.75, 3.05) is 17.2 Å². The van der Waals surface area contributed by atoms with Crippen molar-refractivity contribution in [2.45, 2.75) is 43.8 Å². The number of imidazole rings is 1. The lowest BCUT2D eigenvalue weighted by Crippen LogP contribution is -2.41. The highest BCUT2D eigenvalue weighted by Gasteiger charge is 2.39. The van der Waals surface area contributed by atoms with E-state index in [0.717, 1.165) is 60.2 Å². The molecule has 7 rings (SSSR count). The zero-order valence-electron chi connectivity index (χ0n) is 20.5. The average Bonchev–Trinajstić information content (AvgIpc) is 3.50. The van der Waals surface area contributed by atoms with Crippen molar-refractivity contribution in [2.24, 2.45) is 0 Å². The molecule has 6 heterocycles. The molecule has 0 radical (unpaired) electrons. The molecule has 0 saturated carbocycles. The molecule has 3 aliphatic heterocycles. The third kappa shape index (κ3) is 3.89. The largest absolute Gasteiger partial charge is 0.416 e. The number of pyridine rings is 1. The number of amides is 2. The van der Waals surface area contributed by atoms with Gasteiger partial charge in [-0.05, 0) is 49.6 Å². The number of piperidine rings is 1. The monoisotopic (exact) mass is 533 g/mol. The van der Waals surface area contributed by atoms with E-state index < -0.39 is 17.6 Å². The summed E-state index contributed by atoms with van der Waals surface area (Å²) in [6.45, 7) is 0.642. The van der Waals surface area contributed by atoms with Gasteiger partial charge in [-0.15, -0.1) is 0 Å². The quantitative estimate of drug-likeness (QED) is 0.339. The van der Waals surface area contributed by atoms with Crippen molar-refractivity contribution in [1.82, 2.24) is 24.3 Å². The van der Waals surface area contributed by atoms with Crippen LogP contribution in [0.2, 0.25) is 0 Å². The van der Waals surface area contributed by atoms with Gasteiger partial charge in [0.15, 0.2) is 5.82 Å². The molecule has 2 N–H and O–H groups in total. The summed E-state index contributed by atoms with van der Waals surface area (Å²) in [6.07, 6.45) is 3.43. The van der Waals surface area contributed by atoms with Crippen molar-refractivity contribution in [1.29, 1.82) is 0 Å². The first-order chi connectivity index (χ1) is 18.8. The van der Waals surface area contributed by atoms with Gasteiger partial charge in [0.05, 0.1) is 11.3 Å². The van der Waals surface area contributed by atoms with E-state index in [2.05, 4.69) is 20.6 Å². The maximum absolute atomic E-state index is 13.0. The highest BCUT2D eigenvalue weighted by atomic mass is 19.4. The predicted octanol–water partition coefficient (Wildman–Crippen LogP) is 4.99. The summed E-state index contributed by atoms with van der Waals surface area (Å²) in [7, 11) is 0. The first kappa shape index (κ1) is 23.6. The topological polar surface area (TPSA) is 105 Å². The van der Waals surface area contributed by atoms with Gasteiger partial charge in [0.1, 0.15) is 22.9 Å². The number of nitrogens with one attached hydrogen (secondary N) is 2. The molecule has 9 nitrogen and oxygen atoms in total. The second-order valence-corrected chi connectivity index (χ2v) is 10.1. The summed E-state index contributed by atoms with van der Waals surface area (Å²) >= 11 is 0. The lowest BCUT2D eigenvalue weighted by Gasteiger charge is -2.34. The van der Waals surface area contributed by atoms with E-state index in [1.807, 2.05) is 15.5 Å². The molecular weight excluding hydrogens is 511 g/mol. The number of hydrogen-bond donors (Lipinski definition) is 2. The summed E-state index contributed by atoms with van der Waals surface area (Å²) in [5.74, 6) is 0.956. The van der Waals surface area contributed by atoms with Crippen LogP contribution in [0.3, 0.4) is 0 Å². The SMILES string of the molecule is O=C(Nc1cc(C(F)(F)F)ccn1)c1ccc2c(c1)Nc1nccn3c([C@@H]4CC[C@H]5CCC(=O)N5C4)nc-2c13. The number of nitrogens with zero attached hydrogens (tertiary/aromatic N) is 5. The van der Waals surface area contributed by atoms with Crippen LogP contribution in [-0.4, -0.2) is 48.7 Å². The van der Waals surface area contributed by atoms with Crippen LogP contribution < -0.4 is 10.6 Å². The number of aromatic nitrogens is 4. The molecule has 0 bridgehead atoms. The number of carbonyl (C=O) groups excluding carboxylic acids is 2. The molecule has 0 spiro atoms. The minimum Gasteiger partial charge on any atom is -0.339 e. The normalized spacial score (nSPS) is 20.0. The van der Waals surface area contributed by atoms with E-state index in [1.54, 1.807) is 24.4 Å². The molecule has 0 unspecified atom stereocenters.